The number of halogens is 2. The molecule has 0 amide bonds. The molecular weight excluding hydrogens is 271 g/mol. The van der Waals surface area contributed by atoms with Crippen LogP contribution in [0, 0.1) is 5.82 Å². The maximum atomic E-state index is 13.4. The Morgan fingerprint density at radius 2 is 2.31 bits per heavy atom. The third kappa shape index (κ3) is 1.51. The average molecular weight is 277 g/mol. The van der Waals surface area contributed by atoms with Crippen LogP contribution < -0.4 is 0 Å². The molecule has 0 aliphatic carbocycles. The summed E-state index contributed by atoms with van der Waals surface area (Å²) in [6.45, 7) is 0. The number of benzene rings is 1. The fourth-order valence-electron chi connectivity index (χ4n) is 1.25. The highest BCUT2D eigenvalue weighted by atomic mass is 79.9. The van der Waals surface area contributed by atoms with Gasteiger partial charge in [-0.05, 0) is 39.7 Å². The van der Waals surface area contributed by atoms with E-state index >= 15 is 0 Å². The Hall–Kier alpha value is -0.0600. The largest absolute Gasteiger partial charge is 0.205 e. The Balaban J connectivity index is 2.88. The summed E-state index contributed by atoms with van der Waals surface area (Å²) in [7, 11) is 0. The molecule has 1 aromatic carbocycles. The molecule has 0 N–H and O–H groups in total. The zero-order valence-corrected chi connectivity index (χ0v) is 10.0. The molecule has 0 aliphatic rings. The van der Waals surface area contributed by atoms with Crippen molar-refractivity contribution < 1.29 is 4.39 Å². The molecule has 1 aromatic heterocycles. The number of fused-ring (bicyclic) bond motifs is 1. The van der Waals surface area contributed by atoms with Gasteiger partial charge in [0.25, 0.3) is 0 Å². The predicted octanol–water partition coefficient (Wildman–Crippen LogP) is 4.52. The van der Waals surface area contributed by atoms with Crippen LogP contribution >= 0.6 is 39.0 Å². The lowest BCUT2D eigenvalue weighted by Crippen LogP contribution is -1.79. The summed E-state index contributed by atoms with van der Waals surface area (Å²) in [6, 6.07) is 3.49. The first-order chi connectivity index (χ1) is 6.24. The maximum absolute atomic E-state index is 13.4. The van der Waals surface area contributed by atoms with Gasteiger partial charge in [0.15, 0.2) is 0 Å². The number of hydrogen-bond acceptors (Lipinski definition) is 2. The van der Waals surface area contributed by atoms with E-state index in [1.54, 1.807) is 11.8 Å². The molecule has 0 fully saturated rings. The number of rotatable bonds is 1. The monoisotopic (exact) mass is 276 g/mol. The van der Waals surface area contributed by atoms with Crippen molar-refractivity contribution in [3.8, 4) is 0 Å². The third-order valence-electron chi connectivity index (χ3n) is 1.80. The molecular formula is C9H6BrFS2. The first-order valence-electron chi connectivity index (χ1n) is 3.63. The Morgan fingerprint density at radius 3 is 3.00 bits per heavy atom. The molecule has 0 atom stereocenters. The maximum Gasteiger partial charge on any atom is 0.142 e. The van der Waals surface area contributed by atoms with Crippen LogP contribution in [0.3, 0.4) is 0 Å². The summed E-state index contributed by atoms with van der Waals surface area (Å²) in [5.41, 5.74) is 0. The van der Waals surface area contributed by atoms with E-state index in [0.717, 1.165) is 19.5 Å². The van der Waals surface area contributed by atoms with Crippen LogP contribution in [0.15, 0.2) is 26.9 Å². The van der Waals surface area contributed by atoms with Gasteiger partial charge in [-0.1, -0.05) is 0 Å². The highest BCUT2D eigenvalue weighted by Gasteiger charge is 2.10. The van der Waals surface area contributed by atoms with Crippen molar-refractivity contribution in [3.63, 3.8) is 0 Å². The van der Waals surface area contributed by atoms with Crippen LogP contribution in [0.25, 0.3) is 10.1 Å². The van der Waals surface area contributed by atoms with E-state index in [1.807, 2.05) is 17.7 Å². The van der Waals surface area contributed by atoms with Gasteiger partial charge in [0, 0.05) is 14.8 Å². The fraction of sp³-hybridized carbons (Fsp3) is 0.111. The molecule has 0 spiro atoms. The summed E-state index contributed by atoms with van der Waals surface area (Å²) in [5, 5.41) is 2.92. The molecule has 0 radical (unpaired) electrons. The lowest BCUT2D eigenvalue weighted by atomic mass is 10.2. The highest BCUT2D eigenvalue weighted by Crippen LogP contribution is 2.37. The van der Waals surface area contributed by atoms with E-state index in [0.29, 0.717) is 0 Å². The number of hydrogen-bond donors (Lipinski definition) is 0. The molecule has 2 aromatic rings. The van der Waals surface area contributed by atoms with Crippen LogP contribution in [0.2, 0.25) is 0 Å². The second-order valence-electron chi connectivity index (χ2n) is 2.54. The van der Waals surface area contributed by atoms with E-state index in [9.17, 15) is 4.39 Å². The molecule has 0 aliphatic heterocycles. The third-order valence-corrected chi connectivity index (χ3v) is 4.46. The Bertz CT molecular complexity index is 450. The van der Waals surface area contributed by atoms with Gasteiger partial charge >= 0.3 is 0 Å². The van der Waals surface area contributed by atoms with Crippen molar-refractivity contribution in [2.75, 3.05) is 6.26 Å². The first kappa shape index (κ1) is 9.49. The summed E-state index contributed by atoms with van der Waals surface area (Å²) in [4.78, 5) is 1.11. The highest BCUT2D eigenvalue weighted by molar-refractivity contribution is 9.10. The van der Waals surface area contributed by atoms with Gasteiger partial charge in [-0.25, -0.2) is 4.39 Å². The molecule has 1 heterocycles. The molecule has 0 nitrogen and oxygen atoms in total. The molecule has 0 saturated heterocycles. The Labute approximate surface area is 92.3 Å². The van der Waals surface area contributed by atoms with Crippen molar-refractivity contribution in [2.24, 2.45) is 0 Å². The minimum atomic E-state index is -0.144. The number of thioether (sulfide) groups is 1. The molecule has 0 bridgehead atoms. The summed E-state index contributed by atoms with van der Waals surface area (Å²) < 4.78 is 14.9. The van der Waals surface area contributed by atoms with Gasteiger partial charge < -0.3 is 0 Å². The Morgan fingerprint density at radius 1 is 1.54 bits per heavy atom. The van der Waals surface area contributed by atoms with Gasteiger partial charge in [0.05, 0.1) is 4.70 Å². The number of thiophene rings is 1. The van der Waals surface area contributed by atoms with Crippen LogP contribution in [0.1, 0.15) is 0 Å². The summed E-state index contributed by atoms with van der Waals surface area (Å²) in [6.07, 6.45) is 2.00. The van der Waals surface area contributed by atoms with E-state index in [4.69, 9.17) is 0 Å². The average Bonchev–Trinajstić information content (AvgIpc) is 2.53. The standard InChI is InChI=1S/C9H6BrFS2/c1-12-8-5-2-3-13-9(5)7(11)4-6(8)10/h2-4H,1H3. The smallest absolute Gasteiger partial charge is 0.142 e. The molecule has 2 rings (SSSR count). The lowest BCUT2D eigenvalue weighted by Gasteiger charge is -2.03. The van der Waals surface area contributed by atoms with Gasteiger partial charge in [0.1, 0.15) is 5.82 Å². The topological polar surface area (TPSA) is 0 Å². The van der Waals surface area contributed by atoms with E-state index < -0.39 is 0 Å². The van der Waals surface area contributed by atoms with E-state index in [2.05, 4.69) is 15.9 Å². The van der Waals surface area contributed by atoms with Gasteiger partial charge in [-0.3, -0.25) is 0 Å². The zero-order chi connectivity index (χ0) is 9.42. The van der Waals surface area contributed by atoms with Crippen LogP contribution in [0.5, 0.6) is 0 Å². The molecule has 4 heteroatoms. The van der Waals surface area contributed by atoms with Gasteiger partial charge in [0.2, 0.25) is 0 Å². The molecule has 0 saturated carbocycles. The van der Waals surface area contributed by atoms with Gasteiger partial charge in [-0.2, -0.15) is 0 Å². The second-order valence-corrected chi connectivity index (χ2v) is 5.12. The lowest BCUT2D eigenvalue weighted by molar-refractivity contribution is 0.640. The fourth-order valence-corrected chi connectivity index (χ4v) is 3.67. The minimum Gasteiger partial charge on any atom is -0.205 e. The van der Waals surface area contributed by atoms with Crippen molar-refractivity contribution in [1.29, 1.82) is 0 Å². The molecule has 68 valence electrons. The van der Waals surface area contributed by atoms with Crippen molar-refractivity contribution >= 4 is 49.1 Å². The van der Waals surface area contributed by atoms with Crippen molar-refractivity contribution in [3.05, 3.63) is 27.8 Å². The van der Waals surface area contributed by atoms with Crippen LogP contribution in [-0.4, -0.2) is 6.26 Å². The summed E-state index contributed by atoms with van der Waals surface area (Å²) in [5.74, 6) is -0.144. The van der Waals surface area contributed by atoms with E-state index in [1.165, 1.54) is 17.4 Å². The van der Waals surface area contributed by atoms with Crippen molar-refractivity contribution in [1.82, 2.24) is 0 Å². The SMILES string of the molecule is CSc1c(Br)cc(F)c2sccc12. The van der Waals surface area contributed by atoms with E-state index in [-0.39, 0.29) is 5.82 Å². The second kappa shape index (κ2) is 3.59. The summed E-state index contributed by atoms with van der Waals surface area (Å²) >= 11 is 6.43. The Kier molecular flexibility index (Phi) is 2.62. The van der Waals surface area contributed by atoms with Gasteiger partial charge in [-0.15, -0.1) is 23.1 Å². The predicted molar refractivity (Wildman–Crippen MR) is 61.3 cm³/mol. The molecule has 0 unspecified atom stereocenters. The zero-order valence-electron chi connectivity index (χ0n) is 6.80. The molecule has 13 heavy (non-hydrogen) atoms. The minimum absolute atomic E-state index is 0.144. The first-order valence-corrected chi connectivity index (χ1v) is 6.53. The van der Waals surface area contributed by atoms with Crippen molar-refractivity contribution in [2.45, 2.75) is 4.90 Å². The quantitative estimate of drug-likeness (QED) is 0.690. The van der Waals surface area contributed by atoms with Crippen LogP contribution in [0.4, 0.5) is 4.39 Å². The normalized spacial score (nSPS) is 11.0. The van der Waals surface area contributed by atoms with Crippen LogP contribution in [-0.2, 0) is 0 Å².